The molecular weight excluding hydrogens is 1510 g/mol. The second-order valence-electron chi connectivity index (χ2n) is 31.0. The van der Waals surface area contributed by atoms with E-state index in [-0.39, 0.29) is 0 Å². The van der Waals surface area contributed by atoms with Crippen LogP contribution in [0, 0.1) is 0 Å². The maximum Gasteiger partial charge on any atom is 0.164 e. The van der Waals surface area contributed by atoms with Crippen LogP contribution in [-0.2, 0) is 0 Å². The normalized spacial score (nSPS) is 11.5. The molecule has 12 nitrogen and oxygen atoms in total. The van der Waals surface area contributed by atoms with Crippen molar-refractivity contribution in [3.05, 3.63) is 437 Å². The standard InChI is InChI=1S/2C56H36N6/c1-5-18-37(19-6-1)49-36-42-24-13-14-27-44(42)53-50(38-20-7-2-8-21-38)52(60-62(49)53)39-32-34-41(35-33-39)55-57-54(40-22-9-3-10-23-40)58-56(59-55)46-29-17-31-48-51(46)45-28-15-16-30-47(45)61(48)43-25-11-4-12-26-43;1-5-17-37(18-6-1)50-36-42-23-13-14-26-45(42)53-51(38-19-7-2-8-20-38)52(60-62(50)53)39-29-31-41(32-30-39)55-57-54(40-21-9-3-10-22-40)58-56(59-55)43-33-34-49-47(35-43)46-27-15-16-28-48(46)61(49)44-24-11-4-12-25-44/h2*1-36H. The highest BCUT2D eigenvalue weighted by Gasteiger charge is 2.27. The number of aromatic nitrogens is 12. The molecule has 124 heavy (non-hydrogen) atoms. The Hall–Kier alpha value is -17.0. The molecule has 0 spiro atoms. The van der Waals surface area contributed by atoms with Crippen molar-refractivity contribution >= 4 is 76.2 Å². The van der Waals surface area contributed by atoms with E-state index in [1.807, 2.05) is 48.5 Å². The first-order chi connectivity index (χ1) is 61.5. The zero-order valence-corrected chi connectivity index (χ0v) is 66.9. The molecule has 0 aliphatic rings. The Kier molecular flexibility index (Phi) is 17.9. The third-order valence-electron chi connectivity index (χ3n) is 23.6. The lowest BCUT2D eigenvalue weighted by atomic mass is 9.96. The van der Waals surface area contributed by atoms with Crippen LogP contribution in [0.4, 0.5) is 0 Å². The molecule has 0 aliphatic heterocycles. The van der Waals surface area contributed by atoms with Gasteiger partial charge >= 0.3 is 0 Å². The van der Waals surface area contributed by atoms with Gasteiger partial charge in [0.15, 0.2) is 34.9 Å². The summed E-state index contributed by atoms with van der Waals surface area (Å²) in [6, 6.07) is 152. The molecule has 0 N–H and O–H groups in total. The van der Waals surface area contributed by atoms with Gasteiger partial charge in [0.2, 0.25) is 0 Å². The van der Waals surface area contributed by atoms with Crippen molar-refractivity contribution in [2.24, 2.45) is 0 Å². The van der Waals surface area contributed by atoms with Gasteiger partial charge in [-0.1, -0.05) is 364 Å². The third-order valence-corrected chi connectivity index (χ3v) is 23.6. The Morgan fingerprint density at radius 3 is 0.935 bits per heavy atom. The molecule has 8 heterocycles. The van der Waals surface area contributed by atoms with E-state index in [4.69, 9.17) is 40.1 Å². The van der Waals surface area contributed by atoms with Crippen LogP contribution in [0.15, 0.2) is 437 Å². The van der Waals surface area contributed by atoms with Crippen molar-refractivity contribution in [3.63, 3.8) is 0 Å². The molecule has 0 saturated carbocycles. The van der Waals surface area contributed by atoms with Gasteiger partial charge in [-0.3, -0.25) is 0 Å². The summed E-state index contributed by atoms with van der Waals surface area (Å²) in [6.45, 7) is 0. The fraction of sp³-hybridized carbons (Fsp3) is 0. The number of hydrogen-bond acceptors (Lipinski definition) is 8. The highest BCUT2D eigenvalue weighted by atomic mass is 15.2. The summed E-state index contributed by atoms with van der Waals surface area (Å²) in [5.41, 5.74) is 26.8. The van der Waals surface area contributed by atoms with Crippen molar-refractivity contribution in [2.75, 3.05) is 0 Å². The summed E-state index contributed by atoms with van der Waals surface area (Å²) in [7, 11) is 0. The Morgan fingerprint density at radius 2 is 0.492 bits per heavy atom. The second kappa shape index (κ2) is 30.8. The van der Waals surface area contributed by atoms with Gasteiger partial charge in [-0.25, -0.2) is 38.9 Å². The van der Waals surface area contributed by atoms with Crippen molar-refractivity contribution in [3.8, 4) is 147 Å². The minimum atomic E-state index is 0.597. The first-order valence-electron chi connectivity index (χ1n) is 41.6. The van der Waals surface area contributed by atoms with Gasteiger partial charge in [0.05, 0.1) is 44.5 Å². The summed E-state index contributed by atoms with van der Waals surface area (Å²) < 4.78 is 8.90. The molecule has 0 radical (unpaired) electrons. The largest absolute Gasteiger partial charge is 0.309 e. The van der Waals surface area contributed by atoms with Gasteiger partial charge in [-0.15, -0.1) is 0 Å². The topological polar surface area (TPSA) is 122 Å². The van der Waals surface area contributed by atoms with E-state index in [9.17, 15) is 0 Å². The van der Waals surface area contributed by atoms with Crippen LogP contribution >= 0.6 is 0 Å². The van der Waals surface area contributed by atoms with Gasteiger partial charge < -0.3 is 9.13 Å². The smallest absolute Gasteiger partial charge is 0.164 e. The molecule has 16 aromatic carbocycles. The van der Waals surface area contributed by atoms with E-state index < -0.39 is 0 Å². The van der Waals surface area contributed by atoms with E-state index in [0.717, 1.165) is 177 Å². The molecular formula is C112H72N12. The summed E-state index contributed by atoms with van der Waals surface area (Å²) in [5.74, 6) is 3.66. The Labute approximate surface area is 713 Å². The van der Waals surface area contributed by atoms with Crippen LogP contribution in [-0.4, -0.2) is 58.3 Å². The molecule has 0 amide bonds. The van der Waals surface area contributed by atoms with E-state index in [0.29, 0.717) is 34.9 Å². The molecule has 12 heteroatoms. The van der Waals surface area contributed by atoms with E-state index in [1.54, 1.807) is 0 Å². The zero-order chi connectivity index (χ0) is 82.0. The average Bonchev–Trinajstić information content (AvgIpc) is 1.59. The van der Waals surface area contributed by atoms with Crippen LogP contribution < -0.4 is 0 Å². The summed E-state index contributed by atoms with van der Waals surface area (Å²) >= 11 is 0. The zero-order valence-electron chi connectivity index (χ0n) is 66.9. The molecule has 8 aromatic heterocycles. The number of nitrogens with zero attached hydrogens (tertiary/aromatic N) is 12. The molecule has 0 saturated heterocycles. The van der Waals surface area contributed by atoms with E-state index >= 15 is 0 Å². The van der Waals surface area contributed by atoms with Gasteiger partial charge in [0.25, 0.3) is 0 Å². The van der Waals surface area contributed by atoms with Gasteiger partial charge in [-0.05, 0) is 94.7 Å². The molecule has 0 unspecified atom stereocenters. The summed E-state index contributed by atoms with van der Waals surface area (Å²) in [6.07, 6.45) is 0. The van der Waals surface area contributed by atoms with Gasteiger partial charge in [0, 0.05) is 110 Å². The number of pyridine rings is 2. The van der Waals surface area contributed by atoms with E-state index in [2.05, 4.69) is 406 Å². The lowest BCUT2D eigenvalue weighted by Gasteiger charge is -2.11. The predicted molar refractivity (Wildman–Crippen MR) is 506 cm³/mol. The number of hydrogen-bond donors (Lipinski definition) is 0. The fourth-order valence-corrected chi connectivity index (χ4v) is 17.8. The van der Waals surface area contributed by atoms with Crippen LogP contribution in [0.3, 0.4) is 0 Å². The lowest BCUT2D eigenvalue weighted by molar-refractivity contribution is 0.979. The van der Waals surface area contributed by atoms with Crippen LogP contribution in [0.2, 0.25) is 0 Å². The highest BCUT2D eigenvalue weighted by Crippen LogP contribution is 2.46. The predicted octanol–water partition coefficient (Wildman–Crippen LogP) is 27.5. The van der Waals surface area contributed by atoms with Crippen LogP contribution in [0.5, 0.6) is 0 Å². The number of para-hydroxylation sites is 4. The second-order valence-corrected chi connectivity index (χ2v) is 31.0. The van der Waals surface area contributed by atoms with Crippen LogP contribution in [0.25, 0.3) is 223 Å². The molecule has 0 fully saturated rings. The SMILES string of the molecule is c1ccc(-c2nc(-c3ccc(-c4nn5c(-c6ccccc6)cc6ccccc6c5c4-c4ccccc4)cc3)nc(-c3ccc4c(c3)c3ccccc3n4-c3ccccc3)n2)cc1.c1ccc(-c2nc(-c3ccc(-c4nn5c(-c6ccccc6)cc6ccccc6c5c4-c4ccccc4)cc3)nc(-c3cccc4c3c3ccccc3n4-c3ccccc3)n2)cc1. The van der Waals surface area contributed by atoms with Crippen molar-refractivity contribution < 1.29 is 0 Å². The first-order valence-corrected chi connectivity index (χ1v) is 41.6. The maximum atomic E-state index is 5.45. The molecule has 0 bridgehead atoms. The Bertz CT molecular complexity index is 8160. The lowest BCUT2D eigenvalue weighted by Crippen LogP contribution is -2.00. The highest BCUT2D eigenvalue weighted by molar-refractivity contribution is 6.16. The monoisotopic (exact) mass is 1580 g/mol. The minimum Gasteiger partial charge on any atom is -0.309 e. The average molecular weight is 1590 g/mol. The van der Waals surface area contributed by atoms with Crippen LogP contribution in [0.1, 0.15) is 0 Å². The quantitative estimate of drug-likeness (QED) is 0.106. The maximum absolute atomic E-state index is 5.45. The molecule has 580 valence electrons. The Balaban J connectivity index is 0.000000143. The third kappa shape index (κ3) is 12.8. The molecule has 0 aliphatic carbocycles. The van der Waals surface area contributed by atoms with Crippen molar-refractivity contribution in [2.45, 2.75) is 0 Å². The van der Waals surface area contributed by atoms with E-state index in [1.165, 1.54) is 10.8 Å². The summed E-state index contributed by atoms with van der Waals surface area (Å²) in [4.78, 5) is 31.0. The molecule has 24 aromatic rings. The molecule has 0 atom stereocenters. The van der Waals surface area contributed by atoms with Crippen molar-refractivity contribution in [1.82, 2.24) is 58.3 Å². The van der Waals surface area contributed by atoms with Gasteiger partial charge in [-0.2, -0.15) is 10.2 Å². The van der Waals surface area contributed by atoms with Gasteiger partial charge in [0.1, 0.15) is 11.4 Å². The summed E-state index contributed by atoms with van der Waals surface area (Å²) in [5, 5.41) is 20.1. The van der Waals surface area contributed by atoms with Crippen molar-refractivity contribution in [1.29, 1.82) is 0 Å². The molecule has 24 rings (SSSR count). The fourth-order valence-electron chi connectivity index (χ4n) is 17.8. The minimum absolute atomic E-state index is 0.597. The number of rotatable bonds is 14. The Morgan fingerprint density at radius 1 is 0.185 bits per heavy atom. The number of fused-ring (bicyclic) bond motifs is 12. The first kappa shape index (κ1) is 72.3. The number of benzene rings is 16.